The maximum Gasteiger partial charge on any atom is 0.146 e. The van der Waals surface area contributed by atoms with Crippen LogP contribution in [0.5, 0.6) is 0 Å². The van der Waals surface area contributed by atoms with Gasteiger partial charge in [-0.05, 0) is 57.2 Å². The first-order valence-corrected chi connectivity index (χ1v) is 7.99. The number of hydrogen-bond donors (Lipinski definition) is 0. The van der Waals surface area contributed by atoms with E-state index in [1.807, 2.05) is 0 Å². The van der Waals surface area contributed by atoms with Crippen molar-refractivity contribution in [3.63, 3.8) is 0 Å². The summed E-state index contributed by atoms with van der Waals surface area (Å²) in [7, 11) is 0. The molecule has 2 rings (SSSR count). The lowest BCUT2D eigenvalue weighted by Crippen LogP contribution is -2.26. The quantitative estimate of drug-likeness (QED) is 0.750. The molecule has 1 heterocycles. The average Bonchev–Trinajstić information content (AvgIpc) is 2.94. The van der Waals surface area contributed by atoms with Crippen LogP contribution in [0.15, 0.2) is 24.3 Å². The highest BCUT2D eigenvalue weighted by Gasteiger charge is 2.16. The Morgan fingerprint density at radius 3 is 2.45 bits per heavy atom. The Morgan fingerprint density at radius 1 is 1.20 bits per heavy atom. The number of ketones is 1. The van der Waals surface area contributed by atoms with Gasteiger partial charge in [0.15, 0.2) is 0 Å². The topological polar surface area (TPSA) is 20.3 Å². The average molecular weight is 273 g/mol. The number of hydrogen-bond acceptors (Lipinski definition) is 2. The van der Waals surface area contributed by atoms with E-state index in [1.165, 1.54) is 24.0 Å². The molecule has 1 aliphatic heterocycles. The Balaban J connectivity index is 1.80. The number of benzene rings is 1. The first-order chi connectivity index (χ1) is 9.69. The summed E-state index contributed by atoms with van der Waals surface area (Å²) in [5, 5.41) is 0. The molecular formula is C18H27NO. The van der Waals surface area contributed by atoms with Crippen LogP contribution in [-0.2, 0) is 4.79 Å². The Kier molecular flexibility index (Phi) is 5.78. The van der Waals surface area contributed by atoms with Crippen molar-refractivity contribution >= 4 is 5.78 Å². The highest BCUT2D eigenvalue weighted by molar-refractivity contribution is 5.80. The van der Waals surface area contributed by atoms with Gasteiger partial charge in [0, 0.05) is 6.42 Å². The number of carbonyl (C=O) groups excluding carboxylic acids is 1. The predicted octanol–water partition coefficient (Wildman–Crippen LogP) is 3.93. The van der Waals surface area contributed by atoms with Gasteiger partial charge in [-0.2, -0.15) is 0 Å². The molecule has 1 aromatic rings. The number of carbonyl (C=O) groups is 1. The van der Waals surface area contributed by atoms with Crippen LogP contribution in [0.2, 0.25) is 0 Å². The van der Waals surface area contributed by atoms with Gasteiger partial charge in [-0.25, -0.2) is 0 Å². The van der Waals surface area contributed by atoms with E-state index in [2.05, 4.69) is 43.0 Å². The van der Waals surface area contributed by atoms with Gasteiger partial charge in [-0.15, -0.1) is 0 Å². The van der Waals surface area contributed by atoms with Gasteiger partial charge < -0.3 is 0 Å². The molecule has 110 valence electrons. The van der Waals surface area contributed by atoms with Crippen LogP contribution >= 0.6 is 0 Å². The molecule has 2 nitrogen and oxygen atoms in total. The van der Waals surface area contributed by atoms with Crippen molar-refractivity contribution in [2.45, 2.75) is 51.9 Å². The molecule has 0 bridgehead atoms. The van der Waals surface area contributed by atoms with E-state index in [9.17, 15) is 4.79 Å². The van der Waals surface area contributed by atoms with E-state index in [4.69, 9.17) is 0 Å². The third-order valence-electron chi connectivity index (χ3n) is 4.41. The van der Waals surface area contributed by atoms with Crippen molar-refractivity contribution in [1.29, 1.82) is 0 Å². The molecule has 2 heteroatoms. The van der Waals surface area contributed by atoms with Gasteiger partial charge in [-0.3, -0.25) is 9.69 Å². The second-order valence-corrected chi connectivity index (χ2v) is 6.08. The largest absolute Gasteiger partial charge is 0.298 e. The van der Waals surface area contributed by atoms with Crippen LogP contribution in [-0.4, -0.2) is 30.3 Å². The highest BCUT2D eigenvalue weighted by atomic mass is 16.1. The molecule has 1 atom stereocenters. The molecule has 0 amide bonds. The van der Waals surface area contributed by atoms with Crippen molar-refractivity contribution in [2.24, 2.45) is 0 Å². The Labute approximate surface area is 123 Å². The molecule has 1 unspecified atom stereocenters. The van der Waals surface area contributed by atoms with E-state index >= 15 is 0 Å². The normalized spacial score (nSPS) is 17.3. The monoisotopic (exact) mass is 273 g/mol. The fourth-order valence-corrected chi connectivity index (χ4v) is 3.05. The lowest BCUT2D eigenvalue weighted by atomic mass is 9.90. The summed E-state index contributed by atoms with van der Waals surface area (Å²) in [6.45, 7) is 7.23. The molecule has 1 fully saturated rings. The predicted molar refractivity (Wildman–Crippen MR) is 84.1 cm³/mol. The summed E-state index contributed by atoms with van der Waals surface area (Å²) >= 11 is 0. The minimum Gasteiger partial charge on any atom is -0.298 e. The Bertz CT molecular complexity index is 418. The summed E-state index contributed by atoms with van der Waals surface area (Å²) in [6, 6.07) is 8.77. The summed E-state index contributed by atoms with van der Waals surface area (Å²) < 4.78 is 0. The van der Waals surface area contributed by atoms with Crippen molar-refractivity contribution in [3.8, 4) is 0 Å². The Morgan fingerprint density at radius 2 is 1.85 bits per heavy atom. The number of aryl methyl sites for hydroxylation is 1. The summed E-state index contributed by atoms with van der Waals surface area (Å²) in [5.41, 5.74) is 2.68. The molecule has 1 saturated heterocycles. The van der Waals surface area contributed by atoms with E-state index in [0.29, 0.717) is 18.2 Å². The molecule has 0 aliphatic carbocycles. The fourth-order valence-electron chi connectivity index (χ4n) is 3.05. The van der Waals surface area contributed by atoms with Crippen molar-refractivity contribution in [3.05, 3.63) is 35.4 Å². The van der Waals surface area contributed by atoms with Crippen LogP contribution < -0.4 is 0 Å². The lowest BCUT2D eigenvalue weighted by Gasteiger charge is -2.17. The minimum atomic E-state index is 0.414. The van der Waals surface area contributed by atoms with Crippen LogP contribution in [0.1, 0.15) is 56.1 Å². The van der Waals surface area contributed by atoms with Gasteiger partial charge in [-0.1, -0.05) is 36.8 Å². The fraction of sp³-hybridized carbons (Fsp3) is 0.611. The maximum absolute atomic E-state index is 12.1. The number of nitrogens with zero attached hydrogens (tertiary/aromatic N) is 1. The van der Waals surface area contributed by atoms with Crippen molar-refractivity contribution in [1.82, 2.24) is 4.90 Å². The lowest BCUT2D eigenvalue weighted by molar-refractivity contribution is -0.120. The van der Waals surface area contributed by atoms with Crippen LogP contribution in [0.3, 0.4) is 0 Å². The second-order valence-electron chi connectivity index (χ2n) is 6.08. The Hall–Kier alpha value is -1.15. The van der Waals surface area contributed by atoms with Crippen molar-refractivity contribution < 1.29 is 4.79 Å². The molecule has 1 aromatic carbocycles. The van der Waals surface area contributed by atoms with E-state index in [-0.39, 0.29) is 0 Å². The molecule has 20 heavy (non-hydrogen) atoms. The van der Waals surface area contributed by atoms with Crippen LogP contribution in [0.25, 0.3) is 0 Å². The third kappa shape index (κ3) is 4.45. The summed E-state index contributed by atoms with van der Waals surface area (Å²) in [5.74, 6) is 0.940. The van der Waals surface area contributed by atoms with Crippen LogP contribution in [0, 0.1) is 6.92 Å². The maximum atomic E-state index is 12.1. The standard InChI is InChI=1S/C18H27NO/c1-3-16(17-8-6-15(2)7-9-17)10-11-18(20)14-19-12-4-5-13-19/h6-9,16H,3-5,10-14H2,1-2H3. The van der Waals surface area contributed by atoms with Gasteiger partial charge in [0.2, 0.25) is 0 Å². The van der Waals surface area contributed by atoms with Gasteiger partial charge in [0.1, 0.15) is 5.78 Å². The zero-order chi connectivity index (χ0) is 14.4. The SMILES string of the molecule is CCC(CCC(=O)CN1CCCC1)c1ccc(C)cc1. The number of likely N-dealkylation sites (tertiary alicyclic amines) is 1. The highest BCUT2D eigenvalue weighted by Crippen LogP contribution is 2.25. The first kappa shape index (κ1) is 15.2. The molecular weight excluding hydrogens is 246 g/mol. The van der Waals surface area contributed by atoms with E-state index < -0.39 is 0 Å². The number of rotatable bonds is 7. The summed E-state index contributed by atoms with van der Waals surface area (Å²) in [4.78, 5) is 14.4. The van der Waals surface area contributed by atoms with Crippen molar-refractivity contribution in [2.75, 3.05) is 19.6 Å². The molecule has 0 N–H and O–H groups in total. The molecule has 0 aromatic heterocycles. The van der Waals surface area contributed by atoms with E-state index in [1.54, 1.807) is 0 Å². The zero-order valence-corrected chi connectivity index (χ0v) is 12.9. The molecule has 1 aliphatic rings. The molecule has 0 spiro atoms. The smallest absolute Gasteiger partial charge is 0.146 e. The second kappa shape index (κ2) is 7.58. The van der Waals surface area contributed by atoms with E-state index in [0.717, 1.165) is 32.4 Å². The zero-order valence-electron chi connectivity index (χ0n) is 12.9. The number of Topliss-reactive ketones (excluding diaryl/α,β-unsaturated/α-hetero) is 1. The minimum absolute atomic E-state index is 0.414. The molecule has 0 radical (unpaired) electrons. The molecule has 0 saturated carbocycles. The van der Waals surface area contributed by atoms with Gasteiger partial charge >= 0.3 is 0 Å². The van der Waals surface area contributed by atoms with Crippen LogP contribution in [0.4, 0.5) is 0 Å². The third-order valence-corrected chi connectivity index (χ3v) is 4.41. The van der Waals surface area contributed by atoms with Gasteiger partial charge in [0.25, 0.3) is 0 Å². The first-order valence-electron chi connectivity index (χ1n) is 7.99. The summed E-state index contributed by atoms with van der Waals surface area (Å²) in [6.07, 6.45) is 5.34. The van der Waals surface area contributed by atoms with Gasteiger partial charge in [0.05, 0.1) is 6.54 Å².